The summed E-state index contributed by atoms with van der Waals surface area (Å²) < 4.78 is 12.2. The van der Waals surface area contributed by atoms with Crippen LogP contribution in [0.3, 0.4) is 0 Å². The minimum Gasteiger partial charge on any atom is -0.494 e. The van der Waals surface area contributed by atoms with Crippen molar-refractivity contribution in [2.75, 3.05) is 6.61 Å². The van der Waals surface area contributed by atoms with Crippen molar-refractivity contribution in [1.29, 1.82) is 0 Å². The number of nitrogens with zero attached hydrogens (tertiary/aromatic N) is 2. The number of hydrogen-bond acceptors (Lipinski definition) is 5. The molecule has 5 nitrogen and oxygen atoms in total. The minimum atomic E-state index is -0.616. The first kappa shape index (κ1) is 23.0. The van der Waals surface area contributed by atoms with E-state index in [1.165, 1.54) is 0 Å². The van der Waals surface area contributed by atoms with Gasteiger partial charge in [-0.1, -0.05) is 84.9 Å². The number of para-hydroxylation sites is 1. The van der Waals surface area contributed by atoms with E-state index >= 15 is 0 Å². The Morgan fingerprint density at radius 3 is 2.24 bits per heavy atom. The Hall–Kier alpha value is -4.38. The summed E-state index contributed by atoms with van der Waals surface area (Å²) in [5.74, 6) is 1.46. The van der Waals surface area contributed by atoms with E-state index in [1.54, 1.807) is 0 Å². The molecule has 4 aromatic carbocycles. The van der Waals surface area contributed by atoms with Crippen LogP contribution >= 0.6 is 0 Å². The van der Waals surface area contributed by atoms with Crippen molar-refractivity contribution in [3.63, 3.8) is 0 Å². The van der Waals surface area contributed by atoms with Crippen molar-refractivity contribution >= 4 is 11.5 Å². The van der Waals surface area contributed by atoms with Gasteiger partial charge in [0.2, 0.25) is 0 Å². The molecule has 0 saturated carbocycles. The highest BCUT2D eigenvalue weighted by Crippen LogP contribution is 2.43. The lowest BCUT2D eigenvalue weighted by atomic mass is 9.89. The largest absolute Gasteiger partial charge is 0.494 e. The SMILES string of the molecule is CCOc1ccc(C2CC(c3ccccc3)=NN2C2C(=O)c3ccccc3OC2c2ccccc2)cc1. The molecule has 0 spiro atoms. The predicted molar refractivity (Wildman–Crippen MR) is 144 cm³/mol. The van der Waals surface area contributed by atoms with Gasteiger partial charge >= 0.3 is 0 Å². The van der Waals surface area contributed by atoms with Gasteiger partial charge in [0.1, 0.15) is 11.5 Å². The number of hydrazone groups is 1. The van der Waals surface area contributed by atoms with Gasteiger partial charge in [-0.3, -0.25) is 9.80 Å². The average molecular weight is 489 g/mol. The van der Waals surface area contributed by atoms with Gasteiger partial charge in [0.05, 0.1) is 23.9 Å². The van der Waals surface area contributed by atoms with Gasteiger partial charge in [0, 0.05) is 6.42 Å². The quantitative estimate of drug-likeness (QED) is 0.306. The summed E-state index contributed by atoms with van der Waals surface area (Å²) in [5, 5.41) is 7.10. The lowest BCUT2D eigenvalue weighted by molar-refractivity contribution is 0.0301. The second-order valence-corrected chi connectivity index (χ2v) is 9.27. The fraction of sp³-hybridized carbons (Fsp3) is 0.188. The molecule has 0 saturated heterocycles. The van der Waals surface area contributed by atoms with Crippen LogP contribution in [0.25, 0.3) is 0 Å². The molecule has 2 heterocycles. The van der Waals surface area contributed by atoms with E-state index < -0.39 is 12.1 Å². The number of ether oxygens (including phenoxy) is 2. The zero-order valence-electron chi connectivity index (χ0n) is 20.7. The molecule has 0 fully saturated rings. The highest BCUT2D eigenvalue weighted by Gasteiger charge is 2.46. The topological polar surface area (TPSA) is 51.1 Å². The molecule has 0 amide bonds. The number of hydrogen-bond donors (Lipinski definition) is 0. The molecule has 184 valence electrons. The normalized spacial score (nSPS) is 20.7. The Balaban J connectivity index is 1.47. The van der Waals surface area contributed by atoms with E-state index in [1.807, 2.05) is 96.9 Å². The highest BCUT2D eigenvalue weighted by atomic mass is 16.5. The molecule has 0 bridgehead atoms. The third-order valence-corrected chi connectivity index (χ3v) is 7.00. The maximum atomic E-state index is 14.1. The van der Waals surface area contributed by atoms with Crippen LogP contribution in [0, 0.1) is 0 Å². The lowest BCUT2D eigenvalue weighted by Crippen LogP contribution is -2.47. The number of benzene rings is 4. The van der Waals surface area contributed by atoms with E-state index in [2.05, 4.69) is 24.3 Å². The zero-order chi connectivity index (χ0) is 25.2. The van der Waals surface area contributed by atoms with Crippen molar-refractivity contribution in [3.8, 4) is 11.5 Å². The van der Waals surface area contributed by atoms with Crippen LogP contribution in [-0.2, 0) is 0 Å². The predicted octanol–water partition coefficient (Wildman–Crippen LogP) is 6.62. The number of Topliss-reactive ketones (excluding diaryl/α,β-unsaturated/α-hetero) is 1. The first-order chi connectivity index (χ1) is 18.2. The van der Waals surface area contributed by atoms with Crippen LogP contribution in [0.4, 0.5) is 0 Å². The Labute approximate surface area is 217 Å². The van der Waals surface area contributed by atoms with Crippen molar-refractivity contribution < 1.29 is 14.3 Å². The van der Waals surface area contributed by atoms with Gasteiger partial charge in [-0.25, -0.2) is 0 Å². The summed E-state index contributed by atoms with van der Waals surface area (Å²) in [5.41, 5.74) is 4.63. The zero-order valence-corrected chi connectivity index (χ0v) is 20.7. The van der Waals surface area contributed by atoms with Gasteiger partial charge in [-0.15, -0.1) is 0 Å². The Kier molecular flexibility index (Phi) is 6.19. The molecule has 3 atom stereocenters. The summed E-state index contributed by atoms with van der Waals surface area (Å²) >= 11 is 0. The van der Waals surface area contributed by atoms with Gasteiger partial charge in [0.15, 0.2) is 17.9 Å². The van der Waals surface area contributed by atoms with Crippen molar-refractivity contribution in [3.05, 3.63) is 131 Å². The van der Waals surface area contributed by atoms with E-state index in [4.69, 9.17) is 14.6 Å². The van der Waals surface area contributed by atoms with Crippen LogP contribution in [0.5, 0.6) is 11.5 Å². The standard InChI is InChI=1S/C32H28N2O3/c1-2-36-25-19-17-23(18-20-25)28-21-27(22-11-5-3-6-12-22)33-34(28)30-31(35)26-15-9-10-16-29(26)37-32(30)24-13-7-4-8-14-24/h3-20,28,30,32H,2,21H2,1H3. The number of carbonyl (C=O) groups is 1. The first-order valence-corrected chi connectivity index (χ1v) is 12.7. The van der Waals surface area contributed by atoms with E-state index in [9.17, 15) is 4.79 Å². The second kappa shape index (κ2) is 9.94. The lowest BCUT2D eigenvalue weighted by Gasteiger charge is -2.39. The Bertz CT molecular complexity index is 1420. The van der Waals surface area contributed by atoms with Crippen LogP contribution in [0.15, 0.2) is 114 Å². The summed E-state index contributed by atoms with van der Waals surface area (Å²) in [6.45, 7) is 2.59. The molecule has 0 aromatic heterocycles. The summed E-state index contributed by atoms with van der Waals surface area (Å²) in [6, 6.07) is 35.0. The average Bonchev–Trinajstić information content (AvgIpc) is 3.39. The maximum Gasteiger partial charge on any atom is 0.194 e. The first-order valence-electron chi connectivity index (χ1n) is 12.7. The minimum absolute atomic E-state index is 0.0182. The molecule has 5 heteroatoms. The van der Waals surface area contributed by atoms with Crippen molar-refractivity contribution in [1.82, 2.24) is 5.01 Å². The molecule has 3 unspecified atom stereocenters. The van der Waals surface area contributed by atoms with Crippen molar-refractivity contribution in [2.24, 2.45) is 5.10 Å². The van der Waals surface area contributed by atoms with Gasteiger partial charge in [-0.05, 0) is 47.9 Å². The number of rotatable bonds is 6. The molecule has 2 aliphatic rings. The monoisotopic (exact) mass is 488 g/mol. The fourth-order valence-corrected chi connectivity index (χ4v) is 5.24. The number of carbonyl (C=O) groups excluding carboxylic acids is 1. The van der Waals surface area contributed by atoms with Crippen LogP contribution in [0.1, 0.15) is 52.5 Å². The molecule has 37 heavy (non-hydrogen) atoms. The molecule has 0 aliphatic carbocycles. The van der Waals surface area contributed by atoms with Crippen LogP contribution < -0.4 is 9.47 Å². The van der Waals surface area contributed by atoms with Crippen LogP contribution in [-0.4, -0.2) is 29.2 Å². The van der Waals surface area contributed by atoms with E-state index in [0.29, 0.717) is 24.3 Å². The summed E-state index contributed by atoms with van der Waals surface area (Å²) in [4.78, 5) is 14.1. The summed E-state index contributed by atoms with van der Waals surface area (Å²) in [6.07, 6.45) is 0.193. The molecular weight excluding hydrogens is 460 g/mol. The third-order valence-electron chi connectivity index (χ3n) is 7.00. The third kappa shape index (κ3) is 4.38. The van der Waals surface area contributed by atoms with E-state index in [-0.39, 0.29) is 11.8 Å². The van der Waals surface area contributed by atoms with Gasteiger partial charge in [0.25, 0.3) is 0 Å². The number of ketones is 1. The molecule has 2 aliphatic heterocycles. The molecule has 0 radical (unpaired) electrons. The number of fused-ring (bicyclic) bond motifs is 1. The molecule has 6 rings (SSSR count). The molecule has 0 N–H and O–H groups in total. The summed E-state index contributed by atoms with van der Waals surface area (Å²) in [7, 11) is 0. The second-order valence-electron chi connectivity index (χ2n) is 9.27. The van der Waals surface area contributed by atoms with Crippen LogP contribution in [0.2, 0.25) is 0 Å². The smallest absolute Gasteiger partial charge is 0.194 e. The fourth-order valence-electron chi connectivity index (χ4n) is 5.24. The Morgan fingerprint density at radius 1 is 0.838 bits per heavy atom. The van der Waals surface area contributed by atoms with Gasteiger partial charge < -0.3 is 9.47 Å². The van der Waals surface area contributed by atoms with E-state index in [0.717, 1.165) is 28.2 Å². The highest BCUT2D eigenvalue weighted by molar-refractivity contribution is 6.05. The van der Waals surface area contributed by atoms with Crippen molar-refractivity contribution in [2.45, 2.75) is 31.5 Å². The van der Waals surface area contributed by atoms with Gasteiger partial charge in [-0.2, -0.15) is 5.10 Å². The maximum absolute atomic E-state index is 14.1. The Morgan fingerprint density at radius 2 is 1.51 bits per heavy atom. The molecule has 4 aromatic rings. The molecular formula is C32H28N2O3.